The lowest BCUT2D eigenvalue weighted by Gasteiger charge is -1.94. The molecule has 0 spiro atoms. The standard InChI is InChI=1S/C12H10N4OS/c13-8-2-3-10-9(6-8)16-12(17-10)18-7-11-14-4-1-5-15-11/h1-6H,7,13H2. The van der Waals surface area contributed by atoms with Gasteiger partial charge in [0.15, 0.2) is 5.58 Å². The van der Waals surface area contributed by atoms with Crippen molar-refractivity contribution in [2.75, 3.05) is 5.73 Å². The number of nitrogens with zero attached hydrogens (tertiary/aromatic N) is 3. The molecular weight excluding hydrogens is 248 g/mol. The zero-order chi connectivity index (χ0) is 12.4. The highest BCUT2D eigenvalue weighted by Gasteiger charge is 2.07. The third-order valence-corrected chi connectivity index (χ3v) is 3.16. The Morgan fingerprint density at radius 3 is 2.89 bits per heavy atom. The van der Waals surface area contributed by atoms with E-state index in [9.17, 15) is 0 Å². The Hall–Kier alpha value is -2.08. The van der Waals surface area contributed by atoms with Crippen molar-refractivity contribution in [2.24, 2.45) is 0 Å². The number of hydrogen-bond donors (Lipinski definition) is 1. The maximum absolute atomic E-state index is 5.69. The van der Waals surface area contributed by atoms with E-state index in [0.717, 1.165) is 16.9 Å². The van der Waals surface area contributed by atoms with Gasteiger partial charge in [0, 0.05) is 18.1 Å². The van der Waals surface area contributed by atoms with Crippen LogP contribution in [0.3, 0.4) is 0 Å². The molecule has 1 aromatic carbocycles. The number of hydrogen-bond acceptors (Lipinski definition) is 6. The normalized spacial score (nSPS) is 10.9. The van der Waals surface area contributed by atoms with Crippen molar-refractivity contribution in [3.05, 3.63) is 42.5 Å². The van der Waals surface area contributed by atoms with E-state index in [1.807, 2.05) is 6.07 Å². The molecule has 0 aliphatic heterocycles. The van der Waals surface area contributed by atoms with Crippen LogP contribution < -0.4 is 5.73 Å². The summed E-state index contributed by atoms with van der Waals surface area (Å²) in [5.74, 6) is 1.38. The van der Waals surface area contributed by atoms with E-state index in [-0.39, 0.29) is 0 Å². The molecule has 0 aliphatic carbocycles. The number of thioether (sulfide) groups is 1. The zero-order valence-corrected chi connectivity index (χ0v) is 10.2. The van der Waals surface area contributed by atoms with Gasteiger partial charge < -0.3 is 10.2 Å². The van der Waals surface area contributed by atoms with Crippen LogP contribution >= 0.6 is 11.8 Å². The smallest absolute Gasteiger partial charge is 0.257 e. The SMILES string of the molecule is Nc1ccc2oc(SCc3ncccn3)nc2c1. The van der Waals surface area contributed by atoms with Gasteiger partial charge in [-0.15, -0.1) is 0 Å². The number of oxazole rings is 1. The Bertz CT molecular complexity index is 668. The molecule has 2 N–H and O–H groups in total. The van der Waals surface area contributed by atoms with Gasteiger partial charge in [-0.05, 0) is 24.3 Å². The number of benzene rings is 1. The lowest BCUT2D eigenvalue weighted by molar-refractivity contribution is 0.489. The molecule has 3 aromatic rings. The first kappa shape index (κ1) is 11.0. The van der Waals surface area contributed by atoms with Crippen LogP contribution in [0.2, 0.25) is 0 Å². The number of anilines is 1. The van der Waals surface area contributed by atoms with Gasteiger partial charge in [0.05, 0.1) is 5.75 Å². The Balaban J connectivity index is 1.79. The third kappa shape index (κ3) is 2.28. The molecule has 90 valence electrons. The third-order valence-electron chi connectivity index (χ3n) is 2.34. The maximum atomic E-state index is 5.69. The Kier molecular flexibility index (Phi) is 2.85. The van der Waals surface area contributed by atoms with Gasteiger partial charge in [0.25, 0.3) is 5.22 Å². The van der Waals surface area contributed by atoms with E-state index < -0.39 is 0 Å². The average molecular weight is 258 g/mol. The summed E-state index contributed by atoms with van der Waals surface area (Å²) in [6.07, 6.45) is 3.44. The summed E-state index contributed by atoms with van der Waals surface area (Å²) in [6, 6.07) is 7.20. The molecule has 0 atom stereocenters. The van der Waals surface area contributed by atoms with Crippen molar-refractivity contribution in [2.45, 2.75) is 11.0 Å². The summed E-state index contributed by atoms with van der Waals surface area (Å²) < 4.78 is 5.59. The molecule has 0 radical (unpaired) electrons. The van der Waals surface area contributed by atoms with Crippen LogP contribution in [0.4, 0.5) is 5.69 Å². The van der Waals surface area contributed by atoms with Gasteiger partial charge in [0.2, 0.25) is 0 Å². The zero-order valence-electron chi connectivity index (χ0n) is 9.41. The molecule has 2 aromatic heterocycles. The molecule has 5 nitrogen and oxygen atoms in total. The van der Waals surface area contributed by atoms with Gasteiger partial charge in [-0.2, -0.15) is 0 Å². The second-order valence-corrected chi connectivity index (χ2v) is 4.59. The minimum atomic E-state index is 0.600. The van der Waals surface area contributed by atoms with Crippen molar-refractivity contribution in [3.8, 4) is 0 Å². The molecule has 0 bridgehead atoms. The highest BCUT2D eigenvalue weighted by molar-refractivity contribution is 7.98. The summed E-state index contributed by atoms with van der Waals surface area (Å²) in [4.78, 5) is 12.6. The summed E-state index contributed by atoms with van der Waals surface area (Å²) in [5, 5.41) is 0.600. The molecule has 6 heteroatoms. The van der Waals surface area contributed by atoms with Crippen LogP contribution in [0, 0.1) is 0 Å². The fourth-order valence-electron chi connectivity index (χ4n) is 1.52. The first-order valence-corrected chi connectivity index (χ1v) is 6.34. The summed E-state index contributed by atoms with van der Waals surface area (Å²) in [7, 11) is 0. The molecule has 0 unspecified atom stereocenters. The number of rotatable bonds is 3. The van der Waals surface area contributed by atoms with E-state index in [1.165, 1.54) is 11.8 Å². The first-order valence-electron chi connectivity index (χ1n) is 5.36. The van der Waals surface area contributed by atoms with Crippen LogP contribution in [-0.4, -0.2) is 15.0 Å². The topological polar surface area (TPSA) is 77.8 Å². The fourth-order valence-corrected chi connectivity index (χ4v) is 2.23. The van der Waals surface area contributed by atoms with E-state index in [1.54, 1.807) is 30.6 Å². The second kappa shape index (κ2) is 4.66. The molecule has 2 heterocycles. The predicted octanol–water partition coefficient (Wildman–Crippen LogP) is 2.49. The molecular formula is C12H10N4OS. The highest BCUT2D eigenvalue weighted by Crippen LogP contribution is 2.26. The van der Waals surface area contributed by atoms with Crippen LogP contribution in [-0.2, 0) is 5.75 Å². The molecule has 0 amide bonds. The quantitative estimate of drug-likeness (QED) is 0.574. The van der Waals surface area contributed by atoms with Crippen molar-refractivity contribution < 1.29 is 4.42 Å². The molecule has 18 heavy (non-hydrogen) atoms. The Morgan fingerprint density at radius 2 is 2.06 bits per heavy atom. The van der Waals surface area contributed by atoms with Crippen molar-refractivity contribution in [3.63, 3.8) is 0 Å². The van der Waals surface area contributed by atoms with E-state index in [0.29, 0.717) is 16.7 Å². The van der Waals surface area contributed by atoms with Crippen molar-refractivity contribution in [1.29, 1.82) is 0 Å². The van der Waals surface area contributed by atoms with Crippen LogP contribution in [0.1, 0.15) is 5.82 Å². The largest absolute Gasteiger partial charge is 0.431 e. The fraction of sp³-hybridized carbons (Fsp3) is 0.0833. The van der Waals surface area contributed by atoms with E-state index in [2.05, 4.69) is 15.0 Å². The molecule has 3 rings (SSSR count). The second-order valence-electron chi connectivity index (χ2n) is 3.66. The maximum Gasteiger partial charge on any atom is 0.257 e. The summed E-state index contributed by atoms with van der Waals surface area (Å²) >= 11 is 1.46. The lowest BCUT2D eigenvalue weighted by Crippen LogP contribution is -1.89. The van der Waals surface area contributed by atoms with Gasteiger partial charge in [-0.1, -0.05) is 11.8 Å². The average Bonchev–Trinajstić information content (AvgIpc) is 2.79. The van der Waals surface area contributed by atoms with Crippen LogP contribution in [0.15, 0.2) is 46.3 Å². The highest BCUT2D eigenvalue weighted by atomic mass is 32.2. The van der Waals surface area contributed by atoms with Crippen molar-refractivity contribution >= 4 is 28.5 Å². The van der Waals surface area contributed by atoms with E-state index in [4.69, 9.17) is 10.2 Å². The minimum Gasteiger partial charge on any atom is -0.431 e. The Morgan fingerprint density at radius 1 is 1.22 bits per heavy atom. The molecule has 0 aliphatic rings. The summed E-state index contributed by atoms with van der Waals surface area (Å²) in [5.41, 5.74) is 7.88. The van der Waals surface area contributed by atoms with Crippen LogP contribution in [0.5, 0.6) is 0 Å². The van der Waals surface area contributed by atoms with Gasteiger partial charge >= 0.3 is 0 Å². The predicted molar refractivity (Wildman–Crippen MR) is 70.0 cm³/mol. The van der Waals surface area contributed by atoms with Gasteiger partial charge in [-0.3, -0.25) is 0 Å². The van der Waals surface area contributed by atoms with Crippen LogP contribution in [0.25, 0.3) is 11.1 Å². The van der Waals surface area contributed by atoms with Gasteiger partial charge in [0.1, 0.15) is 11.3 Å². The van der Waals surface area contributed by atoms with E-state index >= 15 is 0 Å². The number of fused-ring (bicyclic) bond motifs is 1. The molecule has 0 saturated carbocycles. The minimum absolute atomic E-state index is 0.600. The molecule has 0 saturated heterocycles. The number of nitrogens with two attached hydrogens (primary N) is 1. The van der Waals surface area contributed by atoms with Crippen molar-refractivity contribution in [1.82, 2.24) is 15.0 Å². The lowest BCUT2D eigenvalue weighted by atomic mass is 10.3. The summed E-state index contributed by atoms with van der Waals surface area (Å²) in [6.45, 7) is 0. The Labute approximate surface area is 107 Å². The monoisotopic (exact) mass is 258 g/mol. The number of aromatic nitrogens is 3. The van der Waals surface area contributed by atoms with Gasteiger partial charge in [-0.25, -0.2) is 15.0 Å². The number of nitrogen functional groups attached to an aromatic ring is 1. The first-order chi connectivity index (χ1) is 8.81. The molecule has 0 fully saturated rings.